The van der Waals surface area contributed by atoms with Gasteiger partial charge in [-0.2, -0.15) is 18.3 Å². The molecule has 1 saturated heterocycles. The molecule has 14 heteroatoms. The number of likely N-dealkylation sites (tertiary alicyclic amines) is 1. The first-order valence-corrected chi connectivity index (χ1v) is 10.1. The molecule has 1 aliphatic rings. The van der Waals surface area contributed by atoms with Gasteiger partial charge in [-0.25, -0.2) is 8.78 Å². The minimum absolute atomic E-state index is 0.0341. The van der Waals surface area contributed by atoms with E-state index in [4.69, 9.17) is 4.42 Å². The van der Waals surface area contributed by atoms with Crippen molar-refractivity contribution in [2.24, 2.45) is 7.05 Å². The number of rotatable bonds is 6. The van der Waals surface area contributed by atoms with E-state index in [0.717, 1.165) is 12.1 Å². The van der Waals surface area contributed by atoms with Crippen molar-refractivity contribution in [2.75, 3.05) is 11.9 Å². The lowest BCUT2D eigenvalue weighted by atomic mass is 10.1. The molecule has 0 spiro atoms. The molecule has 2 unspecified atom stereocenters. The molecule has 2 N–H and O–H groups in total. The lowest BCUT2D eigenvalue weighted by Crippen LogP contribution is -2.41. The van der Waals surface area contributed by atoms with Gasteiger partial charge < -0.3 is 19.7 Å². The Kier molecular flexibility index (Phi) is 7.53. The first-order chi connectivity index (χ1) is 16.5. The highest BCUT2D eigenvalue weighted by Gasteiger charge is 2.42. The fourth-order valence-corrected chi connectivity index (χ4v) is 3.43. The number of amides is 1. The average Bonchev–Trinajstić information content (AvgIpc) is 3.52. The van der Waals surface area contributed by atoms with Crippen molar-refractivity contribution >= 4 is 17.4 Å². The average molecular weight is 500 g/mol. The molecular formula is C21H21F5N6O3. The number of anilines is 2. The second-order valence-corrected chi connectivity index (χ2v) is 7.33. The molecule has 35 heavy (non-hydrogen) atoms. The smallest absolute Gasteiger partial charge is 0.416 e. The standard InChI is InChI=1S/C19H17F5N6O3.C2H4/c1-29-8-12(14(28-29)25-10-4-2-9(3-5-10)19(22,23)24)16-27-26-15(33-16)11-6-7-30(17(11)31)18(32)13(20)21;1-2/h2-5,8,11,13,18,32H,6-7H2,1H3,(H,25,28);1-2H2. The van der Waals surface area contributed by atoms with Crippen LogP contribution in [0.15, 0.2) is 48.0 Å². The van der Waals surface area contributed by atoms with E-state index < -0.39 is 36.2 Å². The lowest BCUT2D eigenvalue weighted by molar-refractivity contribution is -0.149. The molecule has 0 aliphatic carbocycles. The SMILES string of the molecule is C=C.Cn1cc(-c2nnc(C3CCN(C(O)C(F)F)C3=O)o2)c(Nc2ccc(C(F)(F)F)cc2)n1. The fourth-order valence-electron chi connectivity index (χ4n) is 3.43. The number of hydrogen-bond acceptors (Lipinski definition) is 7. The zero-order valence-electron chi connectivity index (χ0n) is 18.3. The van der Waals surface area contributed by atoms with Gasteiger partial charge in [0.15, 0.2) is 12.0 Å². The number of halogens is 5. The van der Waals surface area contributed by atoms with E-state index in [1.165, 1.54) is 23.0 Å². The third-order valence-electron chi connectivity index (χ3n) is 5.06. The summed E-state index contributed by atoms with van der Waals surface area (Å²) in [7, 11) is 1.60. The Hall–Kier alpha value is -3.81. The van der Waals surface area contributed by atoms with Crippen LogP contribution in [0.1, 0.15) is 23.8 Å². The maximum atomic E-state index is 12.8. The highest BCUT2D eigenvalue weighted by atomic mass is 19.4. The monoisotopic (exact) mass is 500 g/mol. The van der Waals surface area contributed by atoms with Crippen LogP contribution in [0.4, 0.5) is 33.5 Å². The van der Waals surface area contributed by atoms with Crippen molar-refractivity contribution in [3.63, 3.8) is 0 Å². The van der Waals surface area contributed by atoms with Gasteiger partial charge in [0.1, 0.15) is 11.5 Å². The lowest BCUT2D eigenvalue weighted by Gasteiger charge is -2.22. The number of hydrogen-bond donors (Lipinski definition) is 2. The van der Waals surface area contributed by atoms with Crippen LogP contribution in [-0.2, 0) is 18.0 Å². The number of aliphatic hydroxyl groups is 1. The summed E-state index contributed by atoms with van der Waals surface area (Å²) in [6, 6.07) is 4.31. The van der Waals surface area contributed by atoms with Crippen LogP contribution in [0.25, 0.3) is 11.5 Å². The number of aromatic nitrogens is 4. The number of carbonyl (C=O) groups excluding carboxylic acids is 1. The van der Waals surface area contributed by atoms with Crippen molar-refractivity contribution in [3.8, 4) is 11.5 Å². The number of aliphatic hydroxyl groups excluding tert-OH is 1. The number of alkyl halides is 5. The fraction of sp³-hybridized carbons (Fsp3) is 0.333. The second kappa shape index (κ2) is 10.2. The van der Waals surface area contributed by atoms with Crippen molar-refractivity contribution in [3.05, 3.63) is 55.1 Å². The van der Waals surface area contributed by atoms with Gasteiger partial charge >= 0.3 is 6.18 Å². The molecule has 1 amide bonds. The van der Waals surface area contributed by atoms with Gasteiger partial charge in [-0.3, -0.25) is 9.48 Å². The Morgan fingerprint density at radius 3 is 2.46 bits per heavy atom. The highest BCUT2D eigenvalue weighted by molar-refractivity contribution is 5.85. The Morgan fingerprint density at radius 1 is 1.20 bits per heavy atom. The maximum absolute atomic E-state index is 12.8. The minimum atomic E-state index is -4.46. The van der Waals surface area contributed by atoms with Crippen LogP contribution in [0.3, 0.4) is 0 Å². The van der Waals surface area contributed by atoms with Gasteiger partial charge in [-0.05, 0) is 30.7 Å². The summed E-state index contributed by atoms with van der Waals surface area (Å²) in [5.41, 5.74) is -0.167. The van der Waals surface area contributed by atoms with Crippen LogP contribution >= 0.6 is 0 Å². The van der Waals surface area contributed by atoms with Crippen LogP contribution < -0.4 is 5.32 Å². The molecule has 2 aromatic heterocycles. The summed E-state index contributed by atoms with van der Waals surface area (Å²) in [6.45, 7) is 5.90. The first kappa shape index (κ1) is 25.8. The van der Waals surface area contributed by atoms with Crippen molar-refractivity contribution in [1.82, 2.24) is 24.9 Å². The molecular weight excluding hydrogens is 479 g/mol. The topological polar surface area (TPSA) is 109 Å². The van der Waals surface area contributed by atoms with E-state index in [1.54, 1.807) is 7.05 Å². The molecule has 0 radical (unpaired) electrons. The third-order valence-corrected chi connectivity index (χ3v) is 5.06. The molecule has 0 saturated carbocycles. The van der Waals surface area contributed by atoms with Gasteiger partial charge in [-0.1, -0.05) is 0 Å². The molecule has 4 rings (SSSR count). The number of nitrogens with zero attached hydrogens (tertiary/aromatic N) is 5. The van der Waals surface area contributed by atoms with Crippen molar-refractivity contribution in [2.45, 2.75) is 31.2 Å². The van der Waals surface area contributed by atoms with Crippen LogP contribution in [-0.4, -0.2) is 55.1 Å². The first-order valence-electron chi connectivity index (χ1n) is 10.1. The molecule has 1 fully saturated rings. The van der Waals surface area contributed by atoms with Gasteiger partial charge in [0.05, 0.1) is 5.56 Å². The minimum Gasteiger partial charge on any atom is -0.420 e. The van der Waals surface area contributed by atoms with Gasteiger partial charge in [0.2, 0.25) is 11.8 Å². The Morgan fingerprint density at radius 2 is 1.86 bits per heavy atom. The predicted molar refractivity (Wildman–Crippen MR) is 114 cm³/mol. The van der Waals surface area contributed by atoms with E-state index in [-0.39, 0.29) is 30.6 Å². The second-order valence-electron chi connectivity index (χ2n) is 7.33. The summed E-state index contributed by atoms with van der Waals surface area (Å²) in [6.07, 6.45) is -8.17. The van der Waals surface area contributed by atoms with Crippen molar-refractivity contribution in [1.29, 1.82) is 0 Å². The third kappa shape index (κ3) is 5.48. The van der Waals surface area contributed by atoms with Gasteiger partial charge in [0.25, 0.3) is 12.3 Å². The summed E-state index contributed by atoms with van der Waals surface area (Å²) >= 11 is 0. The Labute approximate surface area is 195 Å². The van der Waals surface area contributed by atoms with E-state index >= 15 is 0 Å². The predicted octanol–water partition coefficient (Wildman–Crippen LogP) is 3.93. The summed E-state index contributed by atoms with van der Waals surface area (Å²) in [5.74, 6) is -1.67. The Balaban J connectivity index is 0.00000167. The molecule has 3 aromatic rings. The molecule has 3 heterocycles. The van der Waals surface area contributed by atoms with E-state index in [9.17, 15) is 31.9 Å². The zero-order chi connectivity index (χ0) is 25.9. The van der Waals surface area contributed by atoms with Crippen LogP contribution in [0, 0.1) is 0 Å². The summed E-state index contributed by atoms with van der Waals surface area (Å²) in [5, 5.41) is 24.3. The van der Waals surface area contributed by atoms with E-state index in [1.807, 2.05) is 0 Å². The van der Waals surface area contributed by atoms with Gasteiger partial charge in [-0.15, -0.1) is 23.4 Å². The normalized spacial score (nSPS) is 16.9. The van der Waals surface area contributed by atoms with Crippen LogP contribution in [0.5, 0.6) is 0 Å². The number of aryl methyl sites for hydroxylation is 1. The zero-order valence-corrected chi connectivity index (χ0v) is 18.3. The van der Waals surface area contributed by atoms with Gasteiger partial charge in [0, 0.05) is 25.5 Å². The van der Waals surface area contributed by atoms with Crippen LogP contribution in [0.2, 0.25) is 0 Å². The van der Waals surface area contributed by atoms with E-state index in [0.29, 0.717) is 16.2 Å². The van der Waals surface area contributed by atoms with Crippen molar-refractivity contribution < 1.29 is 36.3 Å². The highest BCUT2D eigenvalue weighted by Crippen LogP contribution is 2.34. The number of carbonyl (C=O) groups is 1. The Bertz CT molecular complexity index is 1160. The molecule has 9 nitrogen and oxygen atoms in total. The summed E-state index contributed by atoms with van der Waals surface area (Å²) in [4.78, 5) is 13.1. The van der Waals surface area contributed by atoms with E-state index in [2.05, 4.69) is 33.8 Å². The molecule has 1 aliphatic heterocycles. The molecule has 1 aromatic carbocycles. The quantitative estimate of drug-likeness (QED) is 0.390. The largest absolute Gasteiger partial charge is 0.420 e. The molecule has 188 valence electrons. The number of nitrogens with one attached hydrogen (secondary N) is 1. The maximum Gasteiger partial charge on any atom is 0.416 e. The molecule has 2 atom stereocenters. The number of benzene rings is 1. The summed E-state index contributed by atoms with van der Waals surface area (Å²) < 4.78 is 70.8. The molecule has 0 bridgehead atoms.